The van der Waals surface area contributed by atoms with Crippen LogP contribution in [0.2, 0.25) is 5.28 Å². The molecule has 0 radical (unpaired) electrons. The molecule has 0 saturated heterocycles. The Hall–Kier alpha value is -2.08. The average Bonchev–Trinajstić information content (AvgIpc) is 3.17. The molecule has 0 spiro atoms. The van der Waals surface area contributed by atoms with Gasteiger partial charge in [-0.05, 0) is 30.5 Å². The maximum Gasteiger partial charge on any atom is 0.223 e. The number of fused-ring (bicyclic) bond motifs is 1. The van der Waals surface area contributed by atoms with Crippen molar-refractivity contribution >= 4 is 22.6 Å². The van der Waals surface area contributed by atoms with Crippen LogP contribution in [0, 0.1) is 5.82 Å². The summed E-state index contributed by atoms with van der Waals surface area (Å²) in [6.07, 6.45) is 9.09. The fraction of sp³-hybridized carbons (Fsp3) is 0.333. The molecule has 5 nitrogen and oxygen atoms in total. The monoisotopic (exact) mass is 317 g/mol. The van der Waals surface area contributed by atoms with Gasteiger partial charge in [0.15, 0.2) is 5.82 Å². The zero-order valence-electron chi connectivity index (χ0n) is 11.7. The van der Waals surface area contributed by atoms with Gasteiger partial charge in [-0.1, -0.05) is 12.8 Å². The molecule has 3 aromatic heterocycles. The Bertz CT molecular complexity index is 841. The van der Waals surface area contributed by atoms with Crippen LogP contribution in [0.4, 0.5) is 4.39 Å². The molecule has 0 amide bonds. The molecule has 0 aromatic carbocycles. The summed E-state index contributed by atoms with van der Waals surface area (Å²) < 4.78 is 15.9. The highest BCUT2D eigenvalue weighted by molar-refractivity contribution is 6.28. The maximum atomic E-state index is 13.9. The van der Waals surface area contributed by atoms with Crippen molar-refractivity contribution in [2.24, 2.45) is 0 Å². The van der Waals surface area contributed by atoms with Gasteiger partial charge in [0.2, 0.25) is 5.28 Å². The summed E-state index contributed by atoms with van der Waals surface area (Å²) in [6.45, 7) is 0. The lowest BCUT2D eigenvalue weighted by atomic mass is 10.1. The summed E-state index contributed by atoms with van der Waals surface area (Å²) in [6, 6.07) is 2.27. The third-order valence-corrected chi connectivity index (χ3v) is 4.29. The third-order valence-electron chi connectivity index (χ3n) is 4.11. The molecule has 3 aromatic rings. The summed E-state index contributed by atoms with van der Waals surface area (Å²) in [4.78, 5) is 12.0. The number of halogens is 2. The highest BCUT2D eigenvalue weighted by Gasteiger charge is 2.20. The SMILES string of the molecule is Fc1cnc(Cl)nc1-c1cnc2cnn(C3CCCC3)c2c1. The average molecular weight is 318 g/mol. The van der Waals surface area contributed by atoms with Crippen LogP contribution in [0.5, 0.6) is 0 Å². The molecule has 0 unspecified atom stereocenters. The number of aromatic nitrogens is 5. The summed E-state index contributed by atoms with van der Waals surface area (Å²) in [5, 5.41) is 4.47. The summed E-state index contributed by atoms with van der Waals surface area (Å²) in [5.41, 5.74) is 2.44. The Morgan fingerprint density at radius 2 is 1.95 bits per heavy atom. The van der Waals surface area contributed by atoms with Gasteiger partial charge in [0.1, 0.15) is 11.2 Å². The molecule has 22 heavy (non-hydrogen) atoms. The molecule has 112 valence electrons. The van der Waals surface area contributed by atoms with Crippen LogP contribution >= 0.6 is 11.6 Å². The highest BCUT2D eigenvalue weighted by atomic mass is 35.5. The lowest BCUT2D eigenvalue weighted by Crippen LogP contribution is -2.06. The molecule has 1 aliphatic carbocycles. The molecule has 0 atom stereocenters. The van der Waals surface area contributed by atoms with E-state index in [-0.39, 0.29) is 11.0 Å². The van der Waals surface area contributed by atoms with Crippen LogP contribution in [-0.4, -0.2) is 24.7 Å². The van der Waals surface area contributed by atoms with Crippen molar-refractivity contribution in [2.75, 3.05) is 0 Å². The molecule has 1 fully saturated rings. The smallest absolute Gasteiger partial charge is 0.223 e. The second kappa shape index (κ2) is 5.28. The van der Waals surface area contributed by atoms with E-state index in [1.165, 1.54) is 12.8 Å². The number of rotatable bonds is 2. The molecule has 7 heteroatoms. The minimum absolute atomic E-state index is 0.0146. The van der Waals surface area contributed by atoms with Crippen molar-refractivity contribution < 1.29 is 4.39 Å². The van der Waals surface area contributed by atoms with Crippen molar-refractivity contribution in [1.29, 1.82) is 0 Å². The van der Waals surface area contributed by atoms with E-state index in [9.17, 15) is 4.39 Å². The van der Waals surface area contributed by atoms with Crippen molar-refractivity contribution in [1.82, 2.24) is 24.7 Å². The van der Waals surface area contributed by atoms with Crippen LogP contribution in [-0.2, 0) is 0 Å². The number of hydrogen-bond acceptors (Lipinski definition) is 4. The molecular weight excluding hydrogens is 305 g/mol. The predicted octanol–water partition coefficient (Wildman–Crippen LogP) is 3.80. The fourth-order valence-corrected chi connectivity index (χ4v) is 3.18. The zero-order chi connectivity index (χ0) is 15.1. The Morgan fingerprint density at radius 3 is 2.77 bits per heavy atom. The van der Waals surface area contributed by atoms with Crippen molar-refractivity contribution in [3.05, 3.63) is 35.8 Å². The molecule has 0 bridgehead atoms. The first-order valence-corrected chi connectivity index (χ1v) is 7.62. The van der Waals surface area contributed by atoms with Gasteiger partial charge in [0.05, 0.1) is 24.0 Å². The number of pyridine rings is 1. The molecule has 3 heterocycles. The first-order chi connectivity index (χ1) is 10.7. The number of hydrogen-bond donors (Lipinski definition) is 0. The van der Waals surface area contributed by atoms with Gasteiger partial charge in [-0.2, -0.15) is 5.10 Å². The van der Waals surface area contributed by atoms with Crippen LogP contribution in [0.25, 0.3) is 22.3 Å². The van der Waals surface area contributed by atoms with Crippen molar-refractivity contribution in [3.8, 4) is 11.3 Å². The molecule has 1 aliphatic rings. The number of nitrogens with zero attached hydrogens (tertiary/aromatic N) is 5. The first kappa shape index (κ1) is 13.6. The van der Waals surface area contributed by atoms with Crippen LogP contribution in [0.15, 0.2) is 24.7 Å². The second-order valence-corrected chi connectivity index (χ2v) is 5.83. The van der Waals surface area contributed by atoms with E-state index in [0.717, 1.165) is 30.1 Å². The van der Waals surface area contributed by atoms with Gasteiger partial charge in [-0.15, -0.1) is 0 Å². The van der Waals surface area contributed by atoms with Gasteiger partial charge < -0.3 is 0 Å². The molecule has 0 N–H and O–H groups in total. The van der Waals surface area contributed by atoms with Gasteiger partial charge in [0.25, 0.3) is 0 Å². The van der Waals surface area contributed by atoms with Gasteiger partial charge in [0, 0.05) is 11.8 Å². The molecule has 1 saturated carbocycles. The minimum Gasteiger partial charge on any atom is -0.260 e. The topological polar surface area (TPSA) is 56.5 Å². The lowest BCUT2D eigenvalue weighted by Gasteiger charge is -2.11. The Kier molecular flexibility index (Phi) is 3.26. The quantitative estimate of drug-likeness (QED) is 0.675. The highest BCUT2D eigenvalue weighted by Crippen LogP contribution is 2.32. The summed E-state index contributed by atoms with van der Waals surface area (Å²) >= 11 is 5.77. The summed E-state index contributed by atoms with van der Waals surface area (Å²) in [5.74, 6) is -0.516. The van der Waals surface area contributed by atoms with E-state index in [2.05, 4.69) is 20.1 Å². The summed E-state index contributed by atoms with van der Waals surface area (Å²) in [7, 11) is 0. The first-order valence-electron chi connectivity index (χ1n) is 7.24. The van der Waals surface area contributed by atoms with E-state index >= 15 is 0 Å². The lowest BCUT2D eigenvalue weighted by molar-refractivity contribution is 0.482. The van der Waals surface area contributed by atoms with Crippen molar-refractivity contribution in [2.45, 2.75) is 31.7 Å². The Labute approximate surface area is 131 Å². The van der Waals surface area contributed by atoms with E-state index < -0.39 is 5.82 Å². The molecule has 4 rings (SSSR count). The van der Waals surface area contributed by atoms with Crippen molar-refractivity contribution in [3.63, 3.8) is 0 Å². The van der Waals surface area contributed by atoms with E-state index in [4.69, 9.17) is 11.6 Å². The third kappa shape index (κ3) is 2.23. The largest absolute Gasteiger partial charge is 0.260 e. The van der Waals surface area contributed by atoms with Gasteiger partial charge in [-0.25, -0.2) is 14.4 Å². The fourth-order valence-electron chi connectivity index (χ4n) is 3.04. The second-order valence-electron chi connectivity index (χ2n) is 5.49. The van der Waals surface area contributed by atoms with E-state index in [0.29, 0.717) is 11.6 Å². The van der Waals surface area contributed by atoms with Crippen LogP contribution in [0.3, 0.4) is 0 Å². The molecular formula is C15H13ClFN5. The van der Waals surface area contributed by atoms with E-state index in [1.54, 1.807) is 12.4 Å². The molecule has 0 aliphatic heterocycles. The van der Waals surface area contributed by atoms with Crippen LogP contribution < -0.4 is 0 Å². The Morgan fingerprint density at radius 1 is 1.14 bits per heavy atom. The van der Waals surface area contributed by atoms with E-state index in [1.807, 2.05) is 10.7 Å². The van der Waals surface area contributed by atoms with Gasteiger partial charge >= 0.3 is 0 Å². The minimum atomic E-state index is -0.516. The van der Waals surface area contributed by atoms with Crippen LogP contribution in [0.1, 0.15) is 31.7 Å². The zero-order valence-corrected chi connectivity index (χ0v) is 12.5. The normalized spacial score (nSPS) is 15.7. The predicted molar refractivity (Wildman–Crippen MR) is 81.0 cm³/mol. The standard InChI is InChI=1S/C15H13ClFN5/c16-15-19-7-11(17)14(21-15)9-5-13-12(18-6-9)8-20-22(13)10-3-1-2-4-10/h5-8,10H,1-4H2. The maximum absolute atomic E-state index is 13.9. The Balaban J connectivity index is 1.85. The van der Waals surface area contributed by atoms with Gasteiger partial charge in [-0.3, -0.25) is 9.67 Å².